The third-order valence-corrected chi connectivity index (χ3v) is 5.91. The van der Waals surface area contributed by atoms with E-state index in [2.05, 4.69) is 9.71 Å². The molecule has 2 aliphatic heterocycles. The van der Waals surface area contributed by atoms with Crippen LogP contribution in [0.15, 0.2) is 34.2 Å². The Balaban J connectivity index is 1.56. The lowest BCUT2D eigenvalue weighted by atomic mass is 10.0. The Labute approximate surface area is 152 Å². The second-order valence-corrected chi connectivity index (χ2v) is 8.01. The van der Waals surface area contributed by atoms with Gasteiger partial charge in [-0.3, -0.25) is 19.3 Å². The molecule has 0 spiro atoms. The molecule has 0 unspecified atom stereocenters. The van der Waals surface area contributed by atoms with Crippen molar-refractivity contribution in [1.29, 1.82) is 0 Å². The van der Waals surface area contributed by atoms with Crippen LogP contribution < -0.4 is 4.72 Å². The largest absolute Gasteiger partial charge is 0.454 e. The number of aliphatic imine (C=N–C) groups is 1. The van der Waals surface area contributed by atoms with E-state index in [0.717, 1.165) is 19.3 Å². The highest BCUT2D eigenvalue weighted by atomic mass is 32.2. The quantitative estimate of drug-likeness (QED) is 0.774. The van der Waals surface area contributed by atoms with E-state index in [4.69, 9.17) is 4.74 Å². The summed E-state index contributed by atoms with van der Waals surface area (Å²) in [5, 5.41) is 0. The van der Waals surface area contributed by atoms with E-state index in [1.54, 1.807) is 23.1 Å². The molecular weight excluding hydrogens is 358 g/mol. The van der Waals surface area contributed by atoms with Crippen LogP contribution in [0.4, 0.5) is 0 Å². The fourth-order valence-corrected chi connectivity index (χ4v) is 4.39. The zero-order valence-corrected chi connectivity index (χ0v) is 15.3. The predicted molar refractivity (Wildman–Crippen MR) is 94.2 cm³/mol. The molecule has 1 aromatic carbocycles. The number of amides is 1. The van der Waals surface area contributed by atoms with Crippen molar-refractivity contribution in [3.05, 3.63) is 29.8 Å². The zero-order chi connectivity index (χ0) is 18.7. The van der Waals surface area contributed by atoms with Gasteiger partial charge in [0, 0.05) is 18.2 Å². The van der Waals surface area contributed by atoms with Gasteiger partial charge in [-0.1, -0.05) is 12.1 Å². The molecule has 3 rings (SSSR count). The molecule has 0 bridgehead atoms. The molecule has 1 fully saturated rings. The molecule has 1 saturated heterocycles. The van der Waals surface area contributed by atoms with Gasteiger partial charge in [0.05, 0.1) is 4.90 Å². The van der Waals surface area contributed by atoms with Crippen molar-refractivity contribution in [2.24, 2.45) is 4.99 Å². The van der Waals surface area contributed by atoms with Gasteiger partial charge in [0.1, 0.15) is 12.4 Å². The number of amidine groups is 1. The Morgan fingerprint density at radius 3 is 2.85 bits per heavy atom. The van der Waals surface area contributed by atoms with Crippen molar-refractivity contribution in [3.8, 4) is 0 Å². The van der Waals surface area contributed by atoms with Gasteiger partial charge < -0.3 is 9.64 Å². The number of sulfonamides is 1. The monoisotopic (exact) mass is 379 g/mol. The number of ether oxygens (including phenoxy) is 1. The van der Waals surface area contributed by atoms with Gasteiger partial charge in [-0.05, 0) is 38.3 Å². The highest BCUT2D eigenvalue weighted by Crippen LogP contribution is 2.22. The predicted octanol–water partition coefficient (Wildman–Crippen LogP) is 0.669. The minimum absolute atomic E-state index is 0.105. The van der Waals surface area contributed by atoms with E-state index in [1.165, 1.54) is 6.07 Å². The van der Waals surface area contributed by atoms with Gasteiger partial charge in [0.25, 0.3) is 15.9 Å². The average Bonchev–Trinajstić information content (AvgIpc) is 2.89. The molecular formula is C17H21N3O5S. The summed E-state index contributed by atoms with van der Waals surface area (Å²) >= 11 is 0. The number of fused-ring (bicyclic) bond motifs is 1. The highest BCUT2D eigenvalue weighted by molar-refractivity contribution is 7.90. The van der Waals surface area contributed by atoms with E-state index in [1.807, 2.05) is 6.92 Å². The lowest BCUT2D eigenvalue weighted by Gasteiger charge is -2.33. The van der Waals surface area contributed by atoms with Crippen molar-refractivity contribution >= 4 is 27.7 Å². The molecule has 0 radical (unpaired) electrons. The van der Waals surface area contributed by atoms with Crippen molar-refractivity contribution in [1.82, 2.24) is 9.62 Å². The van der Waals surface area contributed by atoms with Gasteiger partial charge >= 0.3 is 5.97 Å². The maximum Gasteiger partial charge on any atom is 0.328 e. The molecule has 0 aromatic heterocycles. The third-order valence-electron chi connectivity index (χ3n) is 4.51. The highest BCUT2D eigenvalue weighted by Gasteiger charge is 2.30. The maximum atomic E-state index is 12.1. The van der Waals surface area contributed by atoms with Gasteiger partial charge in [0.15, 0.2) is 6.61 Å². The lowest BCUT2D eigenvalue weighted by Crippen LogP contribution is -2.44. The summed E-state index contributed by atoms with van der Waals surface area (Å²) in [6.07, 6.45) is 3.00. The van der Waals surface area contributed by atoms with Crippen LogP contribution in [-0.2, 0) is 24.3 Å². The van der Waals surface area contributed by atoms with Crippen LogP contribution >= 0.6 is 0 Å². The molecule has 2 aliphatic rings. The Morgan fingerprint density at radius 1 is 1.31 bits per heavy atom. The van der Waals surface area contributed by atoms with E-state index in [-0.39, 0.29) is 35.8 Å². The van der Waals surface area contributed by atoms with Crippen LogP contribution in [0.25, 0.3) is 0 Å². The van der Waals surface area contributed by atoms with Gasteiger partial charge in [-0.2, -0.15) is 0 Å². The fraction of sp³-hybridized carbons (Fsp3) is 0.471. The number of piperidine rings is 1. The number of likely N-dealkylation sites (tertiary alicyclic amines) is 1. The molecule has 9 heteroatoms. The van der Waals surface area contributed by atoms with Gasteiger partial charge in [-0.15, -0.1) is 0 Å². The first kappa shape index (κ1) is 18.4. The number of carbonyl (C=O) groups excluding carboxylic acids is 2. The molecule has 0 aliphatic carbocycles. The Hall–Kier alpha value is -2.42. The number of hydrogen-bond donors (Lipinski definition) is 1. The molecule has 2 heterocycles. The van der Waals surface area contributed by atoms with Gasteiger partial charge in [0.2, 0.25) is 0 Å². The number of esters is 1. The first-order valence-electron chi connectivity index (χ1n) is 8.50. The molecule has 1 aromatic rings. The van der Waals surface area contributed by atoms with Crippen molar-refractivity contribution in [3.63, 3.8) is 0 Å². The molecule has 1 N–H and O–H groups in total. The number of rotatable bonds is 4. The Bertz CT molecular complexity index is 850. The summed E-state index contributed by atoms with van der Waals surface area (Å²) in [6.45, 7) is 1.97. The summed E-state index contributed by atoms with van der Waals surface area (Å²) in [5.41, 5.74) is 0.415. The number of benzene rings is 1. The van der Waals surface area contributed by atoms with Crippen LogP contribution in [0.5, 0.6) is 0 Å². The van der Waals surface area contributed by atoms with Crippen LogP contribution in [0, 0.1) is 0 Å². The first-order valence-corrected chi connectivity index (χ1v) is 9.98. The number of carbonyl (C=O) groups is 2. The second kappa shape index (κ2) is 7.45. The van der Waals surface area contributed by atoms with Crippen molar-refractivity contribution < 1.29 is 22.7 Å². The standard InChI is InChI=1S/C17H21N3O5S/c1-12-6-4-5-9-20(12)15(21)11-25-16(22)10-18-17-13-7-2-3-8-14(13)26(23,24)19-17/h2-3,7-8,12H,4-6,9-11H2,1H3,(H,18,19)/t12-/m1/s1. The van der Waals surface area contributed by atoms with Crippen LogP contribution in [0.3, 0.4) is 0 Å². The van der Waals surface area contributed by atoms with E-state index >= 15 is 0 Å². The third kappa shape index (κ3) is 3.87. The minimum atomic E-state index is -3.64. The topological polar surface area (TPSA) is 105 Å². The molecule has 140 valence electrons. The summed E-state index contributed by atoms with van der Waals surface area (Å²) < 4.78 is 31.2. The zero-order valence-electron chi connectivity index (χ0n) is 14.5. The number of nitrogens with one attached hydrogen (secondary N) is 1. The van der Waals surface area contributed by atoms with E-state index in [0.29, 0.717) is 12.1 Å². The van der Waals surface area contributed by atoms with Crippen LogP contribution in [-0.4, -0.2) is 56.8 Å². The molecule has 1 atom stereocenters. The summed E-state index contributed by atoms with van der Waals surface area (Å²) in [7, 11) is -3.64. The Kier molecular flexibility index (Phi) is 5.26. The van der Waals surface area contributed by atoms with Crippen LogP contribution in [0.2, 0.25) is 0 Å². The SMILES string of the molecule is C[C@@H]1CCCCN1C(=O)COC(=O)CN=C1NS(=O)(=O)c2ccccc21. The van der Waals surface area contributed by atoms with Crippen molar-refractivity contribution in [2.75, 3.05) is 19.7 Å². The van der Waals surface area contributed by atoms with E-state index < -0.39 is 16.0 Å². The summed E-state index contributed by atoms with van der Waals surface area (Å²) in [4.78, 5) is 29.9. The average molecular weight is 379 g/mol. The van der Waals surface area contributed by atoms with Gasteiger partial charge in [-0.25, -0.2) is 8.42 Å². The lowest BCUT2D eigenvalue weighted by molar-refractivity contribution is -0.152. The second-order valence-electron chi connectivity index (χ2n) is 6.36. The van der Waals surface area contributed by atoms with Crippen LogP contribution in [0.1, 0.15) is 31.7 Å². The number of nitrogens with zero attached hydrogens (tertiary/aromatic N) is 2. The molecule has 1 amide bonds. The summed E-state index contributed by atoms with van der Waals surface area (Å²) in [6, 6.07) is 6.53. The van der Waals surface area contributed by atoms with E-state index in [9.17, 15) is 18.0 Å². The molecule has 8 nitrogen and oxygen atoms in total. The molecule has 0 saturated carbocycles. The fourth-order valence-electron chi connectivity index (χ4n) is 3.13. The smallest absolute Gasteiger partial charge is 0.328 e. The maximum absolute atomic E-state index is 12.1. The Morgan fingerprint density at radius 2 is 2.08 bits per heavy atom. The minimum Gasteiger partial charge on any atom is -0.454 e. The first-order chi connectivity index (χ1) is 12.4. The summed E-state index contributed by atoms with van der Waals surface area (Å²) in [5.74, 6) is -0.794. The van der Waals surface area contributed by atoms with Crippen molar-refractivity contribution in [2.45, 2.75) is 37.1 Å². The molecule has 26 heavy (non-hydrogen) atoms. The number of hydrogen-bond acceptors (Lipinski definition) is 6. The normalized spacial score (nSPS) is 22.6.